The lowest BCUT2D eigenvalue weighted by atomic mass is 10.1. The number of ketones is 1. The number of nitrogens with one attached hydrogen (secondary N) is 1. The molecule has 0 aliphatic carbocycles. The summed E-state index contributed by atoms with van der Waals surface area (Å²) in [5.74, 6) is 0.579. The van der Waals surface area contributed by atoms with Crippen molar-refractivity contribution in [3.63, 3.8) is 0 Å². The van der Waals surface area contributed by atoms with Crippen LogP contribution in [0.25, 0.3) is 0 Å². The first-order valence-electron chi connectivity index (χ1n) is 7.24. The second-order valence-electron chi connectivity index (χ2n) is 4.85. The molecule has 21 heavy (non-hydrogen) atoms. The number of carbonyl (C=O) groups excluding carboxylic acids is 2. The highest BCUT2D eigenvalue weighted by atomic mass is 16.5. The Morgan fingerprint density at radius 1 is 1.24 bits per heavy atom. The molecule has 5 nitrogen and oxygen atoms in total. The van der Waals surface area contributed by atoms with Crippen LogP contribution in [0.5, 0.6) is 5.75 Å². The quantitative estimate of drug-likeness (QED) is 0.704. The van der Waals surface area contributed by atoms with E-state index in [2.05, 4.69) is 12.2 Å². The second-order valence-corrected chi connectivity index (χ2v) is 4.85. The number of Topliss-reactive ketones (excluding diaryl/α,β-unsaturated/α-hetero) is 1. The summed E-state index contributed by atoms with van der Waals surface area (Å²) >= 11 is 0. The average Bonchev–Trinajstić information content (AvgIpc) is 2.47. The predicted molar refractivity (Wildman–Crippen MR) is 82.7 cm³/mol. The number of ether oxygens (including phenoxy) is 1. The third-order valence-corrected chi connectivity index (χ3v) is 3.12. The van der Waals surface area contributed by atoms with Crippen molar-refractivity contribution in [2.24, 2.45) is 0 Å². The molecule has 1 amide bonds. The van der Waals surface area contributed by atoms with Gasteiger partial charge < -0.3 is 10.1 Å². The van der Waals surface area contributed by atoms with Gasteiger partial charge in [-0.3, -0.25) is 14.5 Å². The Balaban J connectivity index is 2.54. The summed E-state index contributed by atoms with van der Waals surface area (Å²) in [6.07, 6.45) is 0.973. The SMILES string of the molecule is CCCN(CCOc1ccccc1C(C)=O)CC(=O)NC. The highest BCUT2D eigenvalue weighted by Crippen LogP contribution is 2.18. The molecule has 0 fully saturated rings. The Hall–Kier alpha value is -1.88. The minimum Gasteiger partial charge on any atom is -0.491 e. The van der Waals surface area contributed by atoms with Crippen molar-refractivity contribution in [1.82, 2.24) is 10.2 Å². The Kier molecular flexibility index (Phi) is 7.46. The third kappa shape index (κ3) is 5.95. The zero-order valence-corrected chi connectivity index (χ0v) is 13.0. The molecular weight excluding hydrogens is 268 g/mol. The number of benzene rings is 1. The Bertz CT molecular complexity index is 474. The van der Waals surface area contributed by atoms with Gasteiger partial charge >= 0.3 is 0 Å². The standard InChI is InChI=1S/C16H24N2O3/c1-4-9-18(12-16(20)17-3)10-11-21-15-8-6-5-7-14(15)13(2)19/h5-8H,4,9-12H2,1-3H3,(H,17,20). The molecule has 0 unspecified atom stereocenters. The van der Waals surface area contributed by atoms with Gasteiger partial charge in [-0.2, -0.15) is 0 Å². The molecule has 0 saturated carbocycles. The van der Waals surface area contributed by atoms with Crippen LogP contribution in [-0.2, 0) is 4.79 Å². The maximum absolute atomic E-state index is 11.5. The number of amides is 1. The van der Waals surface area contributed by atoms with Crippen molar-refractivity contribution in [2.75, 3.05) is 33.3 Å². The number of likely N-dealkylation sites (N-methyl/N-ethyl adjacent to an activating group) is 1. The molecule has 0 heterocycles. The number of hydrogen-bond acceptors (Lipinski definition) is 4. The van der Waals surface area contributed by atoms with E-state index in [-0.39, 0.29) is 11.7 Å². The van der Waals surface area contributed by atoms with Gasteiger partial charge in [0.15, 0.2) is 5.78 Å². The lowest BCUT2D eigenvalue weighted by molar-refractivity contribution is -0.121. The molecule has 0 aliphatic heterocycles. The number of hydrogen-bond donors (Lipinski definition) is 1. The van der Waals surface area contributed by atoms with E-state index in [4.69, 9.17) is 4.74 Å². The number of para-hydroxylation sites is 1. The molecule has 5 heteroatoms. The molecule has 0 aromatic heterocycles. The fourth-order valence-electron chi connectivity index (χ4n) is 2.04. The van der Waals surface area contributed by atoms with E-state index in [1.807, 2.05) is 17.0 Å². The first-order valence-corrected chi connectivity index (χ1v) is 7.24. The Labute approximate surface area is 126 Å². The van der Waals surface area contributed by atoms with Crippen LogP contribution >= 0.6 is 0 Å². The van der Waals surface area contributed by atoms with Crippen molar-refractivity contribution in [3.05, 3.63) is 29.8 Å². The first-order chi connectivity index (χ1) is 10.1. The maximum atomic E-state index is 11.5. The van der Waals surface area contributed by atoms with E-state index in [9.17, 15) is 9.59 Å². The van der Waals surface area contributed by atoms with Crippen molar-refractivity contribution < 1.29 is 14.3 Å². The molecule has 1 aromatic carbocycles. The molecule has 0 spiro atoms. The fraction of sp³-hybridized carbons (Fsp3) is 0.500. The Morgan fingerprint density at radius 2 is 1.95 bits per heavy atom. The van der Waals surface area contributed by atoms with Gasteiger partial charge in [-0.25, -0.2) is 0 Å². The van der Waals surface area contributed by atoms with Gasteiger partial charge in [-0.1, -0.05) is 19.1 Å². The van der Waals surface area contributed by atoms with Crippen LogP contribution < -0.4 is 10.1 Å². The van der Waals surface area contributed by atoms with E-state index >= 15 is 0 Å². The number of carbonyl (C=O) groups is 2. The lowest BCUT2D eigenvalue weighted by Gasteiger charge is -2.21. The van der Waals surface area contributed by atoms with E-state index < -0.39 is 0 Å². The molecule has 1 rings (SSSR count). The second kappa shape index (κ2) is 9.13. The molecule has 1 aromatic rings. The molecular formula is C16H24N2O3. The minimum absolute atomic E-state index is 0.00686. The van der Waals surface area contributed by atoms with Crippen LogP contribution in [0.2, 0.25) is 0 Å². The highest BCUT2D eigenvalue weighted by molar-refractivity contribution is 5.96. The van der Waals surface area contributed by atoms with Crippen LogP contribution in [0.3, 0.4) is 0 Å². The largest absolute Gasteiger partial charge is 0.491 e. The van der Waals surface area contributed by atoms with Gasteiger partial charge in [-0.15, -0.1) is 0 Å². The first kappa shape index (κ1) is 17.2. The minimum atomic E-state index is -0.0126. The smallest absolute Gasteiger partial charge is 0.233 e. The van der Waals surface area contributed by atoms with Gasteiger partial charge in [0.05, 0.1) is 12.1 Å². The number of rotatable bonds is 9. The van der Waals surface area contributed by atoms with Crippen molar-refractivity contribution in [2.45, 2.75) is 20.3 Å². The average molecular weight is 292 g/mol. The van der Waals surface area contributed by atoms with E-state index in [0.29, 0.717) is 31.0 Å². The van der Waals surface area contributed by atoms with E-state index in [0.717, 1.165) is 13.0 Å². The Morgan fingerprint density at radius 3 is 2.57 bits per heavy atom. The van der Waals surface area contributed by atoms with Gasteiger partial charge in [0.2, 0.25) is 5.91 Å². The van der Waals surface area contributed by atoms with Crippen LogP contribution in [0.15, 0.2) is 24.3 Å². The lowest BCUT2D eigenvalue weighted by Crippen LogP contribution is -2.38. The molecule has 0 radical (unpaired) electrons. The molecule has 0 aliphatic rings. The van der Waals surface area contributed by atoms with Gasteiger partial charge in [-0.05, 0) is 32.0 Å². The monoisotopic (exact) mass is 292 g/mol. The van der Waals surface area contributed by atoms with Crippen LogP contribution in [0, 0.1) is 0 Å². The topological polar surface area (TPSA) is 58.6 Å². The van der Waals surface area contributed by atoms with Gasteiger partial charge in [0, 0.05) is 13.6 Å². The van der Waals surface area contributed by atoms with E-state index in [1.165, 1.54) is 6.92 Å². The van der Waals surface area contributed by atoms with E-state index in [1.54, 1.807) is 19.2 Å². The normalized spacial score (nSPS) is 10.5. The van der Waals surface area contributed by atoms with Crippen LogP contribution in [-0.4, -0.2) is 49.9 Å². The van der Waals surface area contributed by atoms with Crippen molar-refractivity contribution in [3.8, 4) is 5.75 Å². The summed E-state index contributed by atoms with van der Waals surface area (Å²) in [4.78, 5) is 25.0. The third-order valence-electron chi connectivity index (χ3n) is 3.12. The zero-order chi connectivity index (χ0) is 15.7. The summed E-state index contributed by atoms with van der Waals surface area (Å²) in [5, 5.41) is 2.62. The zero-order valence-electron chi connectivity index (χ0n) is 13.0. The van der Waals surface area contributed by atoms with Crippen molar-refractivity contribution >= 4 is 11.7 Å². The summed E-state index contributed by atoms with van der Waals surface area (Å²) in [6.45, 7) is 5.89. The predicted octanol–water partition coefficient (Wildman–Crippen LogP) is 1.73. The summed E-state index contributed by atoms with van der Waals surface area (Å²) < 4.78 is 5.70. The summed E-state index contributed by atoms with van der Waals surface area (Å²) in [6, 6.07) is 7.21. The molecule has 1 N–H and O–H groups in total. The van der Waals surface area contributed by atoms with Crippen molar-refractivity contribution in [1.29, 1.82) is 0 Å². The maximum Gasteiger partial charge on any atom is 0.233 e. The molecule has 0 saturated heterocycles. The molecule has 116 valence electrons. The van der Waals surface area contributed by atoms with Gasteiger partial charge in [0.1, 0.15) is 12.4 Å². The number of nitrogens with zero attached hydrogens (tertiary/aromatic N) is 1. The van der Waals surface area contributed by atoms with Crippen LogP contribution in [0.4, 0.5) is 0 Å². The van der Waals surface area contributed by atoms with Crippen LogP contribution in [0.1, 0.15) is 30.6 Å². The van der Waals surface area contributed by atoms with Gasteiger partial charge in [0.25, 0.3) is 0 Å². The summed E-state index contributed by atoms with van der Waals surface area (Å²) in [5.41, 5.74) is 0.589. The molecule has 0 bridgehead atoms. The highest BCUT2D eigenvalue weighted by Gasteiger charge is 2.10. The fourth-order valence-corrected chi connectivity index (χ4v) is 2.04. The summed E-state index contributed by atoms with van der Waals surface area (Å²) in [7, 11) is 1.63. The molecule has 0 atom stereocenters.